The molecule has 7 nitrogen and oxygen atoms in total. The molecule has 9 heteroatoms. The van der Waals surface area contributed by atoms with Gasteiger partial charge in [-0.2, -0.15) is 0 Å². The predicted molar refractivity (Wildman–Crippen MR) is 97.5 cm³/mol. The van der Waals surface area contributed by atoms with E-state index < -0.39 is 18.0 Å². The lowest BCUT2D eigenvalue weighted by Crippen LogP contribution is -2.20. The lowest BCUT2D eigenvalue weighted by atomic mass is 10.1. The number of rotatable bonds is 4. The first kappa shape index (κ1) is 17.7. The van der Waals surface area contributed by atoms with Crippen LogP contribution in [0.25, 0.3) is 10.9 Å². The van der Waals surface area contributed by atoms with Gasteiger partial charge in [0.05, 0.1) is 16.6 Å². The van der Waals surface area contributed by atoms with Gasteiger partial charge in [0.2, 0.25) is 0 Å². The molecule has 2 heterocycles. The maximum absolute atomic E-state index is 13.5. The van der Waals surface area contributed by atoms with Crippen LogP contribution in [0.4, 0.5) is 20.7 Å². The molecule has 1 amide bonds. The molecular formula is C17H14ClFN4O3. The summed E-state index contributed by atoms with van der Waals surface area (Å²) in [7, 11) is 0. The molecule has 0 fully saturated rings. The van der Waals surface area contributed by atoms with E-state index in [4.69, 9.17) is 16.7 Å². The van der Waals surface area contributed by atoms with Gasteiger partial charge in [-0.15, -0.1) is 0 Å². The molecule has 1 unspecified atom stereocenters. The van der Waals surface area contributed by atoms with Crippen molar-refractivity contribution >= 4 is 40.1 Å². The van der Waals surface area contributed by atoms with Gasteiger partial charge < -0.3 is 15.4 Å². The van der Waals surface area contributed by atoms with Gasteiger partial charge in [-0.05, 0) is 31.2 Å². The number of halogens is 2. The van der Waals surface area contributed by atoms with Gasteiger partial charge in [0.25, 0.3) is 5.56 Å². The van der Waals surface area contributed by atoms with E-state index in [1.54, 1.807) is 13.0 Å². The SMILES string of the molecule is CC(Nc1cc(NC(=O)O)ccn1)c1cc2cc(Cl)c(F)cc2[nH]c1=O. The van der Waals surface area contributed by atoms with Gasteiger partial charge in [0, 0.05) is 28.9 Å². The summed E-state index contributed by atoms with van der Waals surface area (Å²) in [5.74, 6) is -0.221. The first-order valence-corrected chi connectivity index (χ1v) is 7.96. The Kier molecular flexibility index (Phi) is 4.77. The third-order valence-electron chi connectivity index (χ3n) is 3.76. The molecule has 1 aromatic carbocycles. The van der Waals surface area contributed by atoms with E-state index in [1.165, 1.54) is 30.5 Å². The van der Waals surface area contributed by atoms with Crippen molar-refractivity contribution in [2.45, 2.75) is 13.0 Å². The summed E-state index contributed by atoms with van der Waals surface area (Å²) in [6.07, 6.45) is 0.248. The molecule has 0 spiro atoms. The molecule has 0 aliphatic carbocycles. The smallest absolute Gasteiger partial charge is 0.409 e. The quantitative estimate of drug-likeness (QED) is 0.551. The second-order valence-electron chi connectivity index (χ2n) is 5.63. The number of hydrogen-bond donors (Lipinski definition) is 4. The van der Waals surface area contributed by atoms with Gasteiger partial charge in [0.1, 0.15) is 11.6 Å². The highest BCUT2D eigenvalue weighted by Gasteiger charge is 2.13. The number of nitrogens with zero attached hydrogens (tertiary/aromatic N) is 1. The molecule has 1 atom stereocenters. The molecule has 26 heavy (non-hydrogen) atoms. The van der Waals surface area contributed by atoms with Gasteiger partial charge in [-0.3, -0.25) is 10.1 Å². The number of pyridine rings is 2. The Morgan fingerprint density at radius 2 is 2.12 bits per heavy atom. The highest BCUT2D eigenvalue weighted by atomic mass is 35.5. The number of carboxylic acid groups (broad SMARTS) is 1. The van der Waals surface area contributed by atoms with Crippen LogP contribution in [0.2, 0.25) is 5.02 Å². The molecule has 3 rings (SSSR count). The van der Waals surface area contributed by atoms with E-state index >= 15 is 0 Å². The number of benzene rings is 1. The van der Waals surface area contributed by atoms with Crippen LogP contribution in [0.15, 0.2) is 41.3 Å². The summed E-state index contributed by atoms with van der Waals surface area (Å²) in [6.45, 7) is 1.75. The highest BCUT2D eigenvalue weighted by Crippen LogP contribution is 2.24. The van der Waals surface area contributed by atoms with E-state index in [9.17, 15) is 14.0 Å². The number of amides is 1. The van der Waals surface area contributed by atoms with Crippen LogP contribution in [-0.2, 0) is 0 Å². The van der Waals surface area contributed by atoms with Gasteiger partial charge in [-0.1, -0.05) is 11.6 Å². The van der Waals surface area contributed by atoms with Crippen molar-refractivity contribution < 1.29 is 14.3 Å². The zero-order chi connectivity index (χ0) is 18.8. The van der Waals surface area contributed by atoms with Crippen LogP contribution in [0.5, 0.6) is 0 Å². The summed E-state index contributed by atoms with van der Waals surface area (Å²) >= 11 is 5.80. The zero-order valence-electron chi connectivity index (χ0n) is 13.5. The third-order valence-corrected chi connectivity index (χ3v) is 4.05. The van der Waals surface area contributed by atoms with Gasteiger partial charge in [0.15, 0.2) is 0 Å². The number of aromatic amines is 1. The minimum atomic E-state index is -1.19. The molecule has 4 N–H and O–H groups in total. The molecule has 2 aromatic heterocycles. The number of H-pyrrole nitrogens is 1. The van der Waals surface area contributed by atoms with Crippen molar-refractivity contribution in [1.82, 2.24) is 9.97 Å². The van der Waals surface area contributed by atoms with E-state index in [0.29, 0.717) is 28.0 Å². The summed E-state index contributed by atoms with van der Waals surface area (Å²) in [4.78, 5) is 29.8. The summed E-state index contributed by atoms with van der Waals surface area (Å²) in [5, 5.41) is 14.6. The van der Waals surface area contributed by atoms with Crippen molar-refractivity contribution in [3.8, 4) is 0 Å². The third kappa shape index (κ3) is 3.75. The maximum atomic E-state index is 13.5. The first-order chi connectivity index (χ1) is 12.3. The van der Waals surface area contributed by atoms with E-state index in [2.05, 4.69) is 20.6 Å². The largest absolute Gasteiger partial charge is 0.465 e. The van der Waals surface area contributed by atoms with E-state index in [0.717, 1.165) is 0 Å². The number of nitrogens with one attached hydrogen (secondary N) is 3. The first-order valence-electron chi connectivity index (χ1n) is 7.58. The van der Waals surface area contributed by atoms with Gasteiger partial charge >= 0.3 is 6.09 Å². The second-order valence-corrected chi connectivity index (χ2v) is 6.04. The molecule has 134 valence electrons. The van der Waals surface area contributed by atoms with Gasteiger partial charge in [-0.25, -0.2) is 14.2 Å². The van der Waals surface area contributed by atoms with Crippen LogP contribution < -0.4 is 16.2 Å². The minimum absolute atomic E-state index is 0.0368. The monoisotopic (exact) mass is 376 g/mol. The Labute approximate surface area is 151 Å². The van der Waals surface area contributed by atoms with Crippen LogP contribution >= 0.6 is 11.6 Å². The Morgan fingerprint density at radius 3 is 2.85 bits per heavy atom. The molecule has 0 radical (unpaired) electrons. The normalized spacial score (nSPS) is 12.0. The number of carbonyl (C=O) groups is 1. The van der Waals surface area contributed by atoms with Crippen molar-refractivity contribution in [2.75, 3.05) is 10.6 Å². The summed E-state index contributed by atoms with van der Waals surface area (Å²) < 4.78 is 13.5. The minimum Gasteiger partial charge on any atom is -0.465 e. The van der Waals surface area contributed by atoms with Crippen molar-refractivity contribution in [3.63, 3.8) is 0 Å². The van der Waals surface area contributed by atoms with Crippen LogP contribution in [0.1, 0.15) is 18.5 Å². The average Bonchev–Trinajstić information content (AvgIpc) is 2.55. The standard InChI is InChI=1S/C17H14ClFN4O3/c1-8(21-15-6-10(2-3-20-15)22-17(25)26)11-4-9-5-12(18)13(19)7-14(9)23-16(11)24/h2-8H,1H3,(H,23,24)(H,25,26)(H2,20,21,22). The molecule has 0 aliphatic rings. The maximum Gasteiger partial charge on any atom is 0.409 e. The van der Waals surface area contributed by atoms with Crippen LogP contribution in [-0.4, -0.2) is 21.2 Å². The fourth-order valence-corrected chi connectivity index (χ4v) is 2.72. The van der Waals surface area contributed by atoms with Crippen LogP contribution in [0.3, 0.4) is 0 Å². The molecule has 0 saturated carbocycles. The molecule has 3 aromatic rings. The predicted octanol–water partition coefficient (Wildman–Crippen LogP) is 3.98. The lowest BCUT2D eigenvalue weighted by Gasteiger charge is -2.15. The number of anilines is 2. The fourth-order valence-electron chi connectivity index (χ4n) is 2.55. The number of fused-ring (bicyclic) bond motifs is 1. The van der Waals surface area contributed by atoms with Crippen LogP contribution in [0, 0.1) is 5.82 Å². The summed E-state index contributed by atoms with van der Waals surface area (Å²) in [5.41, 5.74) is 0.716. The lowest BCUT2D eigenvalue weighted by molar-refractivity contribution is 0.210. The van der Waals surface area contributed by atoms with E-state index in [-0.39, 0.29) is 10.6 Å². The Balaban J connectivity index is 1.91. The second kappa shape index (κ2) is 7.01. The van der Waals surface area contributed by atoms with Crippen molar-refractivity contribution in [1.29, 1.82) is 0 Å². The topological polar surface area (TPSA) is 107 Å². The average molecular weight is 377 g/mol. The Hall–Kier alpha value is -3.13. The van der Waals surface area contributed by atoms with Crippen molar-refractivity contribution in [3.05, 3.63) is 63.3 Å². The molecule has 0 bridgehead atoms. The Bertz CT molecular complexity index is 1050. The van der Waals surface area contributed by atoms with Crippen molar-refractivity contribution in [2.24, 2.45) is 0 Å². The fraction of sp³-hybridized carbons (Fsp3) is 0.118. The number of hydrogen-bond acceptors (Lipinski definition) is 4. The number of aromatic nitrogens is 2. The Morgan fingerprint density at radius 1 is 1.35 bits per heavy atom. The molecular weight excluding hydrogens is 363 g/mol. The summed E-state index contributed by atoms with van der Waals surface area (Å²) in [6, 6.07) is 6.79. The zero-order valence-corrected chi connectivity index (χ0v) is 14.3. The highest BCUT2D eigenvalue weighted by molar-refractivity contribution is 6.31. The molecule has 0 aliphatic heterocycles. The molecule has 0 saturated heterocycles. The van der Waals surface area contributed by atoms with E-state index in [1.807, 2.05) is 0 Å².